The molecule has 4 heterocycles. The van der Waals surface area contributed by atoms with Crippen LogP contribution in [0.5, 0.6) is 0 Å². The van der Waals surface area contributed by atoms with E-state index >= 15 is 0 Å². The van der Waals surface area contributed by atoms with Gasteiger partial charge in [-0.3, -0.25) is 4.68 Å². The lowest BCUT2D eigenvalue weighted by molar-refractivity contribution is -0.167. The summed E-state index contributed by atoms with van der Waals surface area (Å²) in [5.74, 6) is 0.794. The molecule has 1 atom stereocenters. The number of aliphatic hydroxyl groups is 1. The Labute approximate surface area is 233 Å². The minimum absolute atomic E-state index is 0.106. The Kier molecular flexibility index (Phi) is 7.12. The molecule has 0 saturated heterocycles. The average molecular weight is 541 g/mol. The third kappa shape index (κ3) is 5.24. The molecule has 1 aliphatic carbocycles. The van der Waals surface area contributed by atoms with Crippen molar-refractivity contribution >= 4 is 11.7 Å². The molecule has 208 valence electrons. The fourth-order valence-electron chi connectivity index (χ4n) is 6.38. The van der Waals surface area contributed by atoms with Crippen LogP contribution in [0.2, 0.25) is 0 Å². The molecule has 1 saturated carbocycles. The van der Waals surface area contributed by atoms with Crippen LogP contribution in [0.15, 0.2) is 60.4 Å². The minimum atomic E-state index is -0.702. The Balaban J connectivity index is 1.22. The number of aryl methyl sites for hydroxylation is 3. The number of rotatable bonds is 9. The van der Waals surface area contributed by atoms with Crippen molar-refractivity contribution in [2.75, 3.05) is 0 Å². The van der Waals surface area contributed by atoms with E-state index in [9.17, 15) is 9.90 Å². The third-order valence-corrected chi connectivity index (χ3v) is 8.54. The van der Waals surface area contributed by atoms with Gasteiger partial charge in [-0.15, -0.1) is 5.10 Å². The minimum Gasteiger partial charge on any atom is -0.512 e. The highest BCUT2D eigenvalue weighted by Gasteiger charge is 2.48. The second-order valence-electron chi connectivity index (χ2n) is 11.3. The number of hydrogen-bond donors (Lipinski definition) is 1. The summed E-state index contributed by atoms with van der Waals surface area (Å²) >= 11 is 0. The van der Waals surface area contributed by atoms with Gasteiger partial charge < -0.3 is 9.84 Å². The van der Waals surface area contributed by atoms with Gasteiger partial charge >= 0.3 is 5.97 Å². The third-order valence-electron chi connectivity index (χ3n) is 8.54. The summed E-state index contributed by atoms with van der Waals surface area (Å²) in [6.45, 7) is 4.86. The topological polar surface area (TPSA) is 107 Å². The number of carbonyl (C=O) groups excluding carboxylic acids is 1. The van der Waals surface area contributed by atoms with Crippen molar-refractivity contribution in [3.05, 3.63) is 88.5 Å². The van der Waals surface area contributed by atoms with Crippen LogP contribution in [0.1, 0.15) is 73.5 Å². The Morgan fingerprint density at radius 1 is 1.20 bits per heavy atom. The number of fused-ring (bicyclic) bond motifs is 1. The fraction of sp³-hybridized carbons (Fsp3) is 0.452. The van der Waals surface area contributed by atoms with Gasteiger partial charge in [0.2, 0.25) is 0 Å². The molecule has 6 rings (SSSR count). The first-order chi connectivity index (χ1) is 19.4. The zero-order chi connectivity index (χ0) is 27.7. The van der Waals surface area contributed by atoms with Gasteiger partial charge in [0.1, 0.15) is 11.4 Å². The molecule has 0 bridgehead atoms. The van der Waals surface area contributed by atoms with Crippen LogP contribution >= 0.6 is 0 Å². The first-order valence-corrected chi connectivity index (χ1v) is 14.3. The molecule has 40 heavy (non-hydrogen) atoms. The van der Waals surface area contributed by atoms with E-state index in [1.165, 1.54) is 16.7 Å². The molecule has 0 spiro atoms. The maximum Gasteiger partial charge on any atom is 0.338 e. The van der Waals surface area contributed by atoms with Gasteiger partial charge in [0.25, 0.3) is 5.78 Å². The van der Waals surface area contributed by atoms with Crippen LogP contribution in [0.3, 0.4) is 0 Å². The Bertz CT molecular complexity index is 1550. The maximum atomic E-state index is 13.4. The van der Waals surface area contributed by atoms with Crippen LogP contribution in [-0.4, -0.2) is 46.0 Å². The number of ether oxygens (including phenoxy) is 1. The Morgan fingerprint density at radius 2 is 2.05 bits per heavy atom. The van der Waals surface area contributed by atoms with Crippen molar-refractivity contribution in [1.29, 1.82) is 0 Å². The second kappa shape index (κ2) is 10.9. The molecule has 2 aliphatic rings. The van der Waals surface area contributed by atoms with Crippen molar-refractivity contribution in [2.24, 2.45) is 5.92 Å². The predicted octanol–water partition coefficient (Wildman–Crippen LogP) is 5.10. The van der Waals surface area contributed by atoms with Crippen molar-refractivity contribution in [3.8, 4) is 0 Å². The van der Waals surface area contributed by atoms with E-state index in [1.807, 2.05) is 30.1 Å². The van der Waals surface area contributed by atoms with E-state index in [-0.39, 0.29) is 23.7 Å². The first kappa shape index (κ1) is 26.2. The van der Waals surface area contributed by atoms with E-state index in [1.54, 1.807) is 16.9 Å². The molecule has 1 unspecified atom stereocenters. The largest absolute Gasteiger partial charge is 0.512 e. The number of esters is 1. The lowest BCUT2D eigenvalue weighted by Gasteiger charge is -2.41. The summed E-state index contributed by atoms with van der Waals surface area (Å²) in [5, 5.41) is 20.1. The van der Waals surface area contributed by atoms with Crippen LogP contribution in [-0.2, 0) is 35.3 Å². The summed E-state index contributed by atoms with van der Waals surface area (Å²) in [5.41, 5.74) is 4.30. The second-order valence-corrected chi connectivity index (χ2v) is 11.3. The van der Waals surface area contributed by atoms with Crippen LogP contribution in [0, 0.1) is 12.8 Å². The van der Waals surface area contributed by atoms with Crippen molar-refractivity contribution in [3.63, 3.8) is 0 Å². The van der Waals surface area contributed by atoms with Gasteiger partial charge in [0, 0.05) is 37.6 Å². The van der Waals surface area contributed by atoms with E-state index in [0.29, 0.717) is 24.4 Å². The van der Waals surface area contributed by atoms with Crippen molar-refractivity contribution in [1.82, 2.24) is 29.4 Å². The van der Waals surface area contributed by atoms with Gasteiger partial charge in [0.15, 0.2) is 5.82 Å². The number of aliphatic hydroxyl groups excluding tert-OH is 1. The van der Waals surface area contributed by atoms with Gasteiger partial charge in [-0.05, 0) is 73.3 Å². The lowest BCUT2D eigenvalue weighted by atomic mass is 9.76. The molecule has 1 N–H and O–H groups in total. The van der Waals surface area contributed by atoms with Gasteiger partial charge in [0.05, 0.1) is 12.1 Å². The quantitative estimate of drug-likeness (QED) is 0.294. The predicted molar refractivity (Wildman–Crippen MR) is 150 cm³/mol. The molecule has 1 aromatic carbocycles. The lowest BCUT2D eigenvalue weighted by Crippen LogP contribution is -2.46. The number of aromatic nitrogens is 6. The summed E-state index contributed by atoms with van der Waals surface area (Å²) < 4.78 is 9.87. The van der Waals surface area contributed by atoms with E-state index in [2.05, 4.69) is 45.3 Å². The van der Waals surface area contributed by atoms with E-state index < -0.39 is 11.6 Å². The summed E-state index contributed by atoms with van der Waals surface area (Å²) in [4.78, 5) is 22.2. The summed E-state index contributed by atoms with van der Waals surface area (Å²) in [6, 6.07) is 8.59. The van der Waals surface area contributed by atoms with Crippen molar-refractivity contribution in [2.45, 2.75) is 83.8 Å². The fourth-order valence-corrected chi connectivity index (χ4v) is 6.38. The molecular formula is C31H36N6O3. The van der Waals surface area contributed by atoms with Crippen LogP contribution in [0.25, 0.3) is 5.78 Å². The standard InChI is InChI=1S/C31H36N6O3/c1-3-23-15-22(9-10-24(23)20-36-14-6-13-33-36)11-12-31(25-7-4-5-8-25)17-27(38)26(29(39)40-31)16-28-34-30-32-18-21(2)19-37(30)35-28/h6,9-10,13-15,18-19,25,38H,3-5,7-8,11-12,16-17,20H2,1-2H3. The molecule has 0 radical (unpaired) electrons. The molecule has 9 nitrogen and oxygen atoms in total. The molecule has 4 aromatic rings. The smallest absolute Gasteiger partial charge is 0.338 e. The number of nitrogens with zero attached hydrogens (tertiary/aromatic N) is 6. The van der Waals surface area contributed by atoms with Crippen LogP contribution in [0.4, 0.5) is 0 Å². The van der Waals surface area contributed by atoms with Crippen LogP contribution < -0.4 is 0 Å². The Hall–Kier alpha value is -4.01. The monoisotopic (exact) mass is 540 g/mol. The van der Waals surface area contributed by atoms with Gasteiger partial charge in [-0.25, -0.2) is 14.3 Å². The summed E-state index contributed by atoms with van der Waals surface area (Å²) in [7, 11) is 0. The molecule has 1 aliphatic heterocycles. The normalized spacial score (nSPS) is 20.0. The number of benzene rings is 1. The molecule has 3 aromatic heterocycles. The number of hydrogen-bond acceptors (Lipinski definition) is 7. The number of cyclic esters (lactones) is 1. The SMILES string of the molecule is CCc1cc(CCC2(C3CCCC3)CC(O)=C(Cc3nc4ncc(C)cn4n3)C(=O)O2)ccc1Cn1cccn1. The molecule has 1 fully saturated rings. The van der Waals surface area contributed by atoms with Gasteiger partial charge in [-0.1, -0.05) is 38.0 Å². The molecule has 0 amide bonds. The highest BCUT2D eigenvalue weighted by Crippen LogP contribution is 2.46. The van der Waals surface area contributed by atoms with Crippen molar-refractivity contribution < 1.29 is 14.6 Å². The molecular weight excluding hydrogens is 504 g/mol. The van der Waals surface area contributed by atoms with Gasteiger partial charge in [-0.2, -0.15) is 10.1 Å². The first-order valence-electron chi connectivity index (χ1n) is 14.3. The average Bonchev–Trinajstić information content (AvgIpc) is 3.72. The van der Waals surface area contributed by atoms with E-state index in [4.69, 9.17) is 4.74 Å². The Morgan fingerprint density at radius 3 is 2.80 bits per heavy atom. The maximum absolute atomic E-state index is 13.4. The number of carbonyl (C=O) groups is 1. The highest BCUT2D eigenvalue weighted by atomic mass is 16.6. The highest BCUT2D eigenvalue weighted by molar-refractivity contribution is 5.90. The zero-order valence-corrected chi connectivity index (χ0v) is 23.2. The zero-order valence-electron chi connectivity index (χ0n) is 23.2. The van der Waals surface area contributed by atoms with E-state index in [0.717, 1.165) is 50.6 Å². The summed E-state index contributed by atoms with van der Waals surface area (Å²) in [6.07, 6.45) is 14.5. The molecule has 9 heteroatoms.